The monoisotopic (exact) mass is 474 g/mol. The largest absolute Gasteiger partial charge is 0.478 e. The van der Waals surface area contributed by atoms with Crippen molar-refractivity contribution in [1.82, 2.24) is 4.98 Å². The smallest absolute Gasteiger partial charge is 0.416 e. The first-order valence-electron chi connectivity index (χ1n) is 10.7. The molecule has 2 heterocycles. The van der Waals surface area contributed by atoms with Crippen LogP contribution in [0.5, 0.6) is 5.75 Å². The van der Waals surface area contributed by atoms with E-state index in [1.165, 1.54) is 29.0 Å². The number of hydrogen-bond acceptors (Lipinski definition) is 5. The van der Waals surface area contributed by atoms with E-state index in [-0.39, 0.29) is 0 Å². The van der Waals surface area contributed by atoms with Gasteiger partial charge >= 0.3 is 12.1 Å². The van der Waals surface area contributed by atoms with Crippen molar-refractivity contribution in [1.29, 1.82) is 0 Å². The lowest BCUT2D eigenvalue weighted by Gasteiger charge is -2.19. The molecule has 172 valence electrons. The van der Waals surface area contributed by atoms with E-state index in [9.17, 15) is 23.1 Å². The number of rotatable bonds is 5. The van der Waals surface area contributed by atoms with Gasteiger partial charge in [-0.3, -0.25) is 0 Å². The fraction of sp³-hybridized carbons (Fsp3) is 0.333. The van der Waals surface area contributed by atoms with Crippen LogP contribution in [0, 0.1) is 0 Å². The fourth-order valence-corrected chi connectivity index (χ4v) is 5.01. The summed E-state index contributed by atoms with van der Waals surface area (Å²) < 4.78 is 44.2. The molecule has 33 heavy (non-hydrogen) atoms. The minimum absolute atomic E-state index is 0.528. The number of hydrogen-bond donors (Lipinski definition) is 1. The summed E-state index contributed by atoms with van der Waals surface area (Å²) in [5.41, 5.74) is 1.27. The number of anilines is 1. The van der Waals surface area contributed by atoms with Crippen molar-refractivity contribution in [2.45, 2.75) is 37.5 Å². The summed E-state index contributed by atoms with van der Waals surface area (Å²) in [4.78, 5) is 18.1. The average molecular weight is 475 g/mol. The summed E-state index contributed by atoms with van der Waals surface area (Å²) in [6.07, 6.45) is 0.0737. The molecular weight excluding hydrogens is 453 g/mol. The number of carbonyl (C=O) groups is 1. The summed E-state index contributed by atoms with van der Waals surface area (Å²) in [5, 5.41) is 11.0. The molecule has 2 aliphatic rings. The summed E-state index contributed by atoms with van der Waals surface area (Å²) in [7, 11) is 0. The molecule has 1 aliphatic heterocycles. The van der Waals surface area contributed by atoms with Crippen molar-refractivity contribution in [3.63, 3.8) is 0 Å². The van der Waals surface area contributed by atoms with Crippen LogP contribution in [0.2, 0.25) is 0 Å². The topological polar surface area (TPSA) is 62.7 Å². The normalized spacial score (nSPS) is 17.2. The third-order valence-electron chi connectivity index (χ3n) is 6.15. The van der Waals surface area contributed by atoms with E-state index in [0.29, 0.717) is 29.2 Å². The summed E-state index contributed by atoms with van der Waals surface area (Å²) >= 11 is 1.46. The Morgan fingerprint density at radius 3 is 2.39 bits per heavy atom. The van der Waals surface area contributed by atoms with Crippen LogP contribution in [0.25, 0.3) is 10.6 Å². The van der Waals surface area contributed by atoms with Crippen LogP contribution in [0.3, 0.4) is 0 Å². The number of aliphatic carboxylic acids is 1. The molecule has 9 heteroatoms. The van der Waals surface area contributed by atoms with E-state index in [4.69, 9.17) is 4.74 Å². The molecule has 1 aliphatic carbocycles. The van der Waals surface area contributed by atoms with Crippen LogP contribution in [0.4, 0.5) is 18.2 Å². The Hall–Kier alpha value is -3.07. The van der Waals surface area contributed by atoms with Gasteiger partial charge in [0.1, 0.15) is 15.8 Å². The van der Waals surface area contributed by atoms with Crippen molar-refractivity contribution < 1.29 is 27.8 Å². The average Bonchev–Trinajstić information content (AvgIpc) is 3.46. The van der Waals surface area contributed by atoms with Crippen molar-refractivity contribution in [3.8, 4) is 16.3 Å². The standard InChI is InChI=1S/C24H21F3N2O3S/c25-24(26,27)18-4-1-16(2-5-18)21-28-14-20(33-21)29-11-7-15-3-6-19(13-17(15)8-12-29)32-23(9-10-23)22(30)31/h1-6,13-14H,7-12H2,(H,30,31). The molecule has 0 amide bonds. The molecule has 1 aromatic heterocycles. The molecule has 0 atom stereocenters. The lowest BCUT2D eigenvalue weighted by molar-refractivity contribution is -0.147. The van der Waals surface area contributed by atoms with Crippen molar-refractivity contribution >= 4 is 22.3 Å². The van der Waals surface area contributed by atoms with E-state index in [1.54, 1.807) is 6.20 Å². The number of aromatic nitrogens is 1. The molecule has 2 aromatic carbocycles. The summed E-state index contributed by atoms with van der Waals surface area (Å²) in [6, 6.07) is 10.9. The Bertz CT molecular complexity index is 1190. The Labute approximate surface area is 192 Å². The maximum atomic E-state index is 12.8. The molecule has 0 unspecified atom stereocenters. The highest BCUT2D eigenvalue weighted by Crippen LogP contribution is 2.41. The van der Waals surface area contributed by atoms with Gasteiger partial charge in [0, 0.05) is 31.5 Å². The minimum Gasteiger partial charge on any atom is -0.478 e. The highest BCUT2D eigenvalue weighted by Gasteiger charge is 2.53. The summed E-state index contributed by atoms with van der Waals surface area (Å²) in [5.74, 6) is -0.331. The zero-order valence-electron chi connectivity index (χ0n) is 17.6. The number of halogens is 3. The highest BCUT2D eigenvalue weighted by molar-refractivity contribution is 7.18. The number of fused-ring (bicyclic) bond motifs is 1. The van der Waals surface area contributed by atoms with Gasteiger partial charge in [-0.2, -0.15) is 13.2 Å². The number of carboxylic acid groups (broad SMARTS) is 1. The van der Waals surface area contributed by atoms with Crippen LogP contribution in [0.1, 0.15) is 29.5 Å². The Kier molecular flexibility index (Phi) is 5.31. The van der Waals surface area contributed by atoms with Gasteiger partial charge in [0.2, 0.25) is 5.60 Å². The van der Waals surface area contributed by atoms with Crippen LogP contribution < -0.4 is 9.64 Å². The van der Waals surface area contributed by atoms with Gasteiger partial charge in [-0.25, -0.2) is 9.78 Å². The number of nitrogens with zero attached hydrogens (tertiary/aromatic N) is 2. The van der Waals surface area contributed by atoms with Crippen LogP contribution in [-0.4, -0.2) is 34.8 Å². The first kappa shape index (κ1) is 21.8. The van der Waals surface area contributed by atoms with Crippen LogP contribution >= 0.6 is 11.3 Å². The Morgan fingerprint density at radius 2 is 1.76 bits per heavy atom. The van der Waals surface area contributed by atoms with Gasteiger partial charge in [0.15, 0.2) is 0 Å². The summed E-state index contributed by atoms with van der Waals surface area (Å²) in [6.45, 7) is 1.55. The van der Waals surface area contributed by atoms with E-state index in [0.717, 1.165) is 48.6 Å². The zero-order valence-corrected chi connectivity index (χ0v) is 18.4. The Morgan fingerprint density at radius 1 is 1.06 bits per heavy atom. The van der Waals surface area contributed by atoms with Crippen LogP contribution in [-0.2, 0) is 23.8 Å². The number of benzene rings is 2. The molecule has 0 saturated heterocycles. The highest BCUT2D eigenvalue weighted by atomic mass is 32.1. The lowest BCUT2D eigenvalue weighted by Crippen LogP contribution is -2.29. The predicted molar refractivity (Wildman–Crippen MR) is 119 cm³/mol. The van der Waals surface area contributed by atoms with Gasteiger partial charge in [0.25, 0.3) is 0 Å². The molecular formula is C24H21F3N2O3S. The first-order valence-corrected chi connectivity index (χ1v) is 11.5. The molecule has 0 bridgehead atoms. The van der Waals surface area contributed by atoms with Gasteiger partial charge < -0.3 is 14.7 Å². The fourth-order valence-electron chi connectivity index (χ4n) is 4.03. The third kappa shape index (κ3) is 4.42. The molecule has 5 nitrogen and oxygen atoms in total. The van der Waals surface area contributed by atoms with Crippen LogP contribution in [0.15, 0.2) is 48.7 Å². The number of ether oxygens (including phenoxy) is 1. The quantitative estimate of drug-likeness (QED) is 0.534. The van der Waals surface area contributed by atoms with E-state index < -0.39 is 23.3 Å². The van der Waals surface area contributed by atoms with Crippen molar-refractivity contribution in [3.05, 3.63) is 65.4 Å². The molecule has 1 saturated carbocycles. The van der Waals surface area contributed by atoms with E-state index in [2.05, 4.69) is 9.88 Å². The number of alkyl halides is 3. The second kappa shape index (κ2) is 8.06. The zero-order chi connectivity index (χ0) is 23.2. The van der Waals surface area contributed by atoms with E-state index >= 15 is 0 Å². The first-order chi connectivity index (χ1) is 15.7. The van der Waals surface area contributed by atoms with E-state index in [1.807, 2.05) is 18.2 Å². The van der Waals surface area contributed by atoms with Gasteiger partial charge in [0.05, 0.1) is 11.8 Å². The Balaban J connectivity index is 1.28. The molecule has 0 radical (unpaired) electrons. The molecule has 5 rings (SSSR count). The lowest BCUT2D eigenvalue weighted by atomic mass is 10.0. The van der Waals surface area contributed by atoms with Gasteiger partial charge in [-0.15, -0.1) is 0 Å². The van der Waals surface area contributed by atoms with Gasteiger partial charge in [-0.05, 0) is 48.2 Å². The maximum Gasteiger partial charge on any atom is 0.416 e. The molecule has 3 aromatic rings. The number of thiazole rings is 1. The second-order valence-electron chi connectivity index (χ2n) is 8.40. The molecule has 1 N–H and O–H groups in total. The SMILES string of the molecule is O=C(O)C1(Oc2ccc3c(c2)CCN(c2cnc(-c4ccc(C(F)(F)F)cc4)s2)CC3)CC1. The predicted octanol–water partition coefficient (Wildman–Crippen LogP) is 5.43. The minimum atomic E-state index is -4.36. The maximum absolute atomic E-state index is 12.8. The van der Waals surface area contributed by atoms with Crippen molar-refractivity contribution in [2.24, 2.45) is 0 Å². The molecule has 1 fully saturated rings. The molecule has 0 spiro atoms. The third-order valence-corrected chi connectivity index (χ3v) is 7.26. The number of carboxylic acids is 1. The van der Waals surface area contributed by atoms with Gasteiger partial charge in [-0.1, -0.05) is 29.5 Å². The van der Waals surface area contributed by atoms with Crippen molar-refractivity contribution in [2.75, 3.05) is 18.0 Å². The second-order valence-corrected chi connectivity index (χ2v) is 9.41.